The lowest BCUT2D eigenvalue weighted by Gasteiger charge is -2.57. The first-order chi connectivity index (χ1) is 16.2. The maximum Gasteiger partial charge on any atom is 0.0466 e. The summed E-state index contributed by atoms with van der Waals surface area (Å²) >= 11 is 0. The van der Waals surface area contributed by atoms with E-state index in [9.17, 15) is 0 Å². The molecule has 1 aromatic carbocycles. The van der Waals surface area contributed by atoms with E-state index in [2.05, 4.69) is 42.2 Å². The lowest BCUT2D eigenvalue weighted by atomic mass is 9.48. The molecule has 0 saturated heterocycles. The van der Waals surface area contributed by atoms with Crippen molar-refractivity contribution in [2.75, 3.05) is 19.8 Å². The molecule has 0 aromatic heterocycles. The Morgan fingerprint density at radius 2 is 1.36 bits per heavy atom. The van der Waals surface area contributed by atoms with Gasteiger partial charge in [0.15, 0.2) is 0 Å². The predicted octanol–water partition coefficient (Wildman–Crippen LogP) is 8.08. The van der Waals surface area contributed by atoms with Gasteiger partial charge in [-0.05, 0) is 112 Å². The summed E-state index contributed by atoms with van der Waals surface area (Å²) in [5.41, 5.74) is 3.41. The average Bonchev–Trinajstić information content (AvgIpc) is 2.78. The van der Waals surface area contributed by atoms with Crippen molar-refractivity contribution in [2.45, 2.75) is 103 Å². The number of benzene rings is 1. The van der Waals surface area contributed by atoms with Gasteiger partial charge in [0.05, 0.1) is 0 Å². The zero-order valence-corrected chi connectivity index (χ0v) is 21.2. The molecule has 4 fully saturated rings. The minimum absolute atomic E-state index is 0.620. The highest BCUT2D eigenvalue weighted by atomic mass is 16.5. The Balaban J connectivity index is 0.916. The molecule has 0 spiro atoms. The molecule has 2 heteroatoms. The normalized spacial score (nSPS) is 27.7. The van der Waals surface area contributed by atoms with Crippen molar-refractivity contribution in [1.29, 1.82) is 0 Å². The number of aryl methyl sites for hydroxylation is 1. The van der Waals surface area contributed by atoms with Crippen LogP contribution in [0.25, 0.3) is 0 Å². The van der Waals surface area contributed by atoms with E-state index < -0.39 is 0 Å². The molecule has 4 aliphatic carbocycles. The summed E-state index contributed by atoms with van der Waals surface area (Å²) in [7, 11) is 0. The number of rotatable bonds is 17. The van der Waals surface area contributed by atoms with E-state index in [-0.39, 0.29) is 0 Å². The van der Waals surface area contributed by atoms with Crippen LogP contribution in [0, 0.1) is 23.2 Å². The van der Waals surface area contributed by atoms with Crippen molar-refractivity contribution >= 4 is 0 Å². The van der Waals surface area contributed by atoms with Gasteiger partial charge in [-0.3, -0.25) is 0 Å². The van der Waals surface area contributed by atoms with Crippen molar-refractivity contribution < 1.29 is 4.74 Å². The van der Waals surface area contributed by atoms with Crippen LogP contribution in [0.4, 0.5) is 0 Å². The molecule has 0 amide bonds. The summed E-state index contributed by atoms with van der Waals surface area (Å²) < 4.78 is 5.86. The maximum atomic E-state index is 5.86. The first-order valence-corrected chi connectivity index (χ1v) is 14.2. The first-order valence-electron chi connectivity index (χ1n) is 14.2. The second-order valence-electron chi connectivity index (χ2n) is 11.8. The zero-order chi connectivity index (χ0) is 22.8. The third-order valence-electron chi connectivity index (χ3n) is 8.69. The molecule has 1 N–H and O–H groups in total. The van der Waals surface area contributed by atoms with E-state index in [4.69, 9.17) is 4.74 Å². The predicted molar refractivity (Wildman–Crippen MR) is 140 cm³/mol. The summed E-state index contributed by atoms with van der Waals surface area (Å²) in [5, 5.41) is 3.67. The fraction of sp³-hybridized carbons (Fsp3) is 0.742. The van der Waals surface area contributed by atoms with Crippen molar-refractivity contribution in [2.24, 2.45) is 23.2 Å². The van der Waals surface area contributed by atoms with Crippen LogP contribution in [-0.2, 0) is 11.2 Å². The van der Waals surface area contributed by atoms with E-state index in [0.717, 1.165) is 37.5 Å². The van der Waals surface area contributed by atoms with E-state index in [1.54, 1.807) is 0 Å². The molecule has 184 valence electrons. The Labute approximate surface area is 204 Å². The second kappa shape index (κ2) is 13.0. The summed E-state index contributed by atoms with van der Waals surface area (Å²) in [6, 6.07) is 10.9. The van der Waals surface area contributed by atoms with Gasteiger partial charge in [-0.25, -0.2) is 0 Å². The monoisotopic (exact) mass is 451 g/mol. The van der Waals surface area contributed by atoms with Gasteiger partial charge in [0.25, 0.3) is 0 Å². The van der Waals surface area contributed by atoms with Gasteiger partial charge in [0.1, 0.15) is 0 Å². The van der Waals surface area contributed by atoms with Gasteiger partial charge in [-0.15, -0.1) is 0 Å². The molecule has 4 saturated carbocycles. The lowest BCUT2D eigenvalue weighted by molar-refractivity contribution is -0.0527. The number of allylic oxidation sites excluding steroid dienone is 1. The van der Waals surface area contributed by atoms with Gasteiger partial charge in [-0.1, -0.05) is 56.2 Å². The largest absolute Gasteiger partial charge is 0.389 e. The molecule has 0 aliphatic heterocycles. The molecule has 4 bridgehead atoms. The molecule has 2 nitrogen and oxygen atoms in total. The number of hydrogen-bond donors (Lipinski definition) is 1. The van der Waals surface area contributed by atoms with Crippen LogP contribution in [-0.4, -0.2) is 19.8 Å². The average molecular weight is 452 g/mol. The Morgan fingerprint density at radius 1 is 0.788 bits per heavy atom. The highest BCUT2D eigenvalue weighted by Crippen LogP contribution is 2.61. The second-order valence-corrected chi connectivity index (χ2v) is 11.8. The molecule has 0 unspecified atom stereocenters. The summed E-state index contributed by atoms with van der Waals surface area (Å²) in [6.45, 7) is 7.37. The third kappa shape index (κ3) is 8.16. The fourth-order valence-electron chi connectivity index (χ4n) is 7.60. The summed E-state index contributed by atoms with van der Waals surface area (Å²) in [5.74, 6) is 3.14. The lowest BCUT2D eigenvalue weighted by Crippen LogP contribution is -2.46. The van der Waals surface area contributed by atoms with Crippen molar-refractivity contribution in [3.05, 3.63) is 48.2 Å². The topological polar surface area (TPSA) is 21.3 Å². The number of unbranched alkanes of at least 4 members (excludes halogenated alkanes) is 6. The summed E-state index contributed by atoms with van der Waals surface area (Å²) in [6.07, 6.45) is 21.8. The Morgan fingerprint density at radius 3 is 2.03 bits per heavy atom. The molecule has 4 aliphatic rings. The Hall–Kier alpha value is -1.28. The molecule has 33 heavy (non-hydrogen) atoms. The molecule has 0 atom stereocenters. The standard InChI is InChI=1S/C31H49NO/c1-26(22-31-23-28-19-29(24-31)21-30(20-28)25-31)32-16-10-6-12-18-33-17-11-4-2-3-7-13-27-14-8-5-9-15-27/h5,8-9,14-15,28-30,32H,1-4,6-7,10-13,16-25H2. The number of ether oxygens (including phenoxy) is 1. The molecule has 0 radical (unpaired) electrons. The minimum Gasteiger partial charge on any atom is -0.389 e. The SMILES string of the molecule is C=C(CC12CC3CC(CC(C3)C1)C2)NCCCCCOCCCCCCCc1ccccc1. The van der Waals surface area contributed by atoms with Crippen LogP contribution in [0.3, 0.4) is 0 Å². The number of nitrogens with one attached hydrogen (secondary N) is 1. The third-order valence-corrected chi connectivity index (χ3v) is 8.69. The van der Waals surface area contributed by atoms with E-state index >= 15 is 0 Å². The molecule has 5 rings (SSSR count). The first kappa shape index (κ1) is 24.8. The van der Waals surface area contributed by atoms with Crippen molar-refractivity contribution in [3.63, 3.8) is 0 Å². The van der Waals surface area contributed by atoms with Crippen LogP contribution in [0.5, 0.6) is 0 Å². The molecule has 1 aromatic rings. The number of hydrogen-bond acceptors (Lipinski definition) is 2. The smallest absolute Gasteiger partial charge is 0.0466 e. The van der Waals surface area contributed by atoms with E-state index in [0.29, 0.717) is 5.41 Å². The minimum atomic E-state index is 0.620. The van der Waals surface area contributed by atoms with Crippen LogP contribution in [0.15, 0.2) is 42.6 Å². The maximum absolute atomic E-state index is 5.86. The molecular formula is C31H49NO. The van der Waals surface area contributed by atoms with Crippen LogP contribution in [0.2, 0.25) is 0 Å². The van der Waals surface area contributed by atoms with Gasteiger partial charge < -0.3 is 10.1 Å². The van der Waals surface area contributed by atoms with Crippen molar-refractivity contribution in [1.82, 2.24) is 5.32 Å². The molecule has 0 heterocycles. The van der Waals surface area contributed by atoms with Crippen LogP contribution in [0.1, 0.15) is 102 Å². The van der Waals surface area contributed by atoms with E-state index in [1.165, 1.54) is 114 Å². The van der Waals surface area contributed by atoms with Crippen LogP contribution >= 0.6 is 0 Å². The fourth-order valence-corrected chi connectivity index (χ4v) is 7.60. The van der Waals surface area contributed by atoms with Crippen LogP contribution < -0.4 is 5.32 Å². The van der Waals surface area contributed by atoms with Gasteiger partial charge in [-0.2, -0.15) is 0 Å². The Bertz CT molecular complexity index is 661. The van der Waals surface area contributed by atoms with Gasteiger partial charge in [0, 0.05) is 25.5 Å². The highest BCUT2D eigenvalue weighted by Gasteiger charge is 2.50. The molecular weight excluding hydrogens is 402 g/mol. The summed E-state index contributed by atoms with van der Waals surface area (Å²) in [4.78, 5) is 0. The quantitative estimate of drug-likeness (QED) is 0.242. The van der Waals surface area contributed by atoms with Crippen molar-refractivity contribution in [3.8, 4) is 0 Å². The Kier molecular flexibility index (Phi) is 9.77. The van der Waals surface area contributed by atoms with Gasteiger partial charge in [0.2, 0.25) is 0 Å². The van der Waals surface area contributed by atoms with E-state index in [1.807, 2.05) is 0 Å². The highest BCUT2D eigenvalue weighted by molar-refractivity contribution is 5.14. The zero-order valence-electron chi connectivity index (χ0n) is 21.2. The van der Waals surface area contributed by atoms with Gasteiger partial charge >= 0.3 is 0 Å².